The molecular formula is C18H16N3O7S-. The molecule has 2 aliphatic rings. The third-order valence-corrected chi connectivity index (χ3v) is 6.10. The van der Waals surface area contributed by atoms with E-state index < -0.39 is 44.4 Å². The lowest BCUT2D eigenvalue weighted by atomic mass is 10.0. The minimum atomic E-state index is -3.97. The van der Waals surface area contributed by atoms with E-state index in [1.807, 2.05) is 0 Å². The molecule has 0 aliphatic carbocycles. The number of amides is 2. The summed E-state index contributed by atoms with van der Waals surface area (Å²) < 4.78 is 25.4. The summed E-state index contributed by atoms with van der Waals surface area (Å²) in [6, 6.07) is 4.89. The first-order chi connectivity index (χ1) is 13.8. The summed E-state index contributed by atoms with van der Waals surface area (Å²) in [5.41, 5.74) is -0.577. The summed E-state index contributed by atoms with van der Waals surface area (Å²) in [4.78, 5) is 40.4. The van der Waals surface area contributed by atoms with Crippen LogP contribution >= 0.6 is 0 Å². The van der Waals surface area contributed by atoms with E-state index >= 15 is 0 Å². The summed E-state index contributed by atoms with van der Waals surface area (Å²) >= 11 is 0. The van der Waals surface area contributed by atoms with E-state index in [2.05, 4.69) is 10.3 Å². The lowest BCUT2D eigenvalue weighted by Gasteiger charge is -2.46. The summed E-state index contributed by atoms with van der Waals surface area (Å²) in [5.74, 6) is -3.87. The molecule has 3 heterocycles. The standard InChI is InChI=1S/C18H17N3O7S/c22-8-7-20-14(23)5-4-11-10-29(27,28)17-13(9-12-3-1-2-6-19-12)16(24)21(17)15(11)18(25)26/h1-6,9,17,22H,7-8,10H2,(H,20,23)(H,25,26)/p-1/b5-4+,13-9-/t17-/m1/s1. The highest BCUT2D eigenvalue weighted by Gasteiger charge is 2.55. The molecule has 1 aromatic rings. The van der Waals surface area contributed by atoms with Gasteiger partial charge in [0, 0.05) is 18.8 Å². The van der Waals surface area contributed by atoms with E-state index in [4.69, 9.17) is 5.11 Å². The van der Waals surface area contributed by atoms with Crippen molar-refractivity contribution >= 4 is 33.7 Å². The van der Waals surface area contributed by atoms with Crippen molar-refractivity contribution in [3.05, 3.63) is 59.1 Å². The van der Waals surface area contributed by atoms with Gasteiger partial charge in [0.05, 0.1) is 35.3 Å². The number of fused-ring (bicyclic) bond motifs is 1. The molecule has 0 aromatic carbocycles. The number of aromatic nitrogens is 1. The van der Waals surface area contributed by atoms with E-state index in [0.717, 1.165) is 12.2 Å². The minimum absolute atomic E-state index is 0.0256. The van der Waals surface area contributed by atoms with Crippen LogP contribution in [0.25, 0.3) is 6.08 Å². The SMILES string of the molecule is O=C(/C=C/C1=C(C(=O)[O-])N2C(=O)/C(=C/c3ccccn3)[C@H]2S(=O)(=O)C1)NCCO. The molecule has 1 saturated heterocycles. The normalized spacial score (nSPS) is 21.8. The Kier molecular flexibility index (Phi) is 5.62. The van der Waals surface area contributed by atoms with Gasteiger partial charge in [0.15, 0.2) is 15.2 Å². The van der Waals surface area contributed by atoms with Crippen LogP contribution in [0.2, 0.25) is 0 Å². The molecule has 2 amide bonds. The number of carboxylic acid groups (broad SMARTS) is 1. The topological polar surface area (TPSA) is 157 Å². The average molecular weight is 418 g/mol. The molecule has 0 radical (unpaired) electrons. The van der Waals surface area contributed by atoms with Gasteiger partial charge in [-0.15, -0.1) is 0 Å². The smallest absolute Gasteiger partial charge is 0.258 e. The monoisotopic (exact) mass is 418 g/mol. The number of carbonyl (C=O) groups excluding carboxylic acids is 3. The summed E-state index contributed by atoms with van der Waals surface area (Å²) in [7, 11) is -3.97. The maximum absolute atomic E-state index is 12.7. The number of β-lactam (4-membered cyclic amide) rings is 1. The number of nitrogens with zero attached hydrogens (tertiary/aromatic N) is 2. The summed E-state index contributed by atoms with van der Waals surface area (Å²) in [6.07, 6.45) is 4.72. The fourth-order valence-electron chi connectivity index (χ4n) is 3.04. The summed E-state index contributed by atoms with van der Waals surface area (Å²) in [6.45, 7) is -0.321. The van der Waals surface area contributed by atoms with Crippen LogP contribution in [0.4, 0.5) is 0 Å². The zero-order valence-corrected chi connectivity index (χ0v) is 15.8. The highest BCUT2D eigenvalue weighted by Crippen LogP contribution is 2.40. The van der Waals surface area contributed by atoms with Crippen molar-refractivity contribution < 1.29 is 33.0 Å². The lowest BCUT2D eigenvalue weighted by Crippen LogP contribution is -2.63. The first-order valence-electron chi connectivity index (χ1n) is 8.45. The third kappa shape index (κ3) is 3.96. The number of nitrogens with one attached hydrogen (secondary N) is 1. The Hall–Kier alpha value is -3.31. The lowest BCUT2D eigenvalue weighted by molar-refractivity contribution is -0.301. The zero-order valence-electron chi connectivity index (χ0n) is 14.9. The number of hydrogen-bond acceptors (Lipinski definition) is 8. The molecule has 2 aliphatic heterocycles. The number of rotatable bonds is 6. The Labute approximate surface area is 165 Å². The van der Waals surface area contributed by atoms with Gasteiger partial charge in [-0.3, -0.25) is 19.5 Å². The number of sulfone groups is 1. The molecule has 0 bridgehead atoms. The molecule has 1 atom stereocenters. The highest BCUT2D eigenvalue weighted by molar-refractivity contribution is 7.92. The van der Waals surface area contributed by atoms with Crippen LogP contribution in [0.5, 0.6) is 0 Å². The summed E-state index contributed by atoms with van der Waals surface area (Å²) in [5, 5.41) is 21.2. The van der Waals surface area contributed by atoms with Gasteiger partial charge in [-0.1, -0.05) is 12.1 Å². The Bertz CT molecular complexity index is 1060. The van der Waals surface area contributed by atoms with Crippen molar-refractivity contribution in [2.75, 3.05) is 18.9 Å². The number of hydrogen-bond donors (Lipinski definition) is 2. The van der Waals surface area contributed by atoms with Crippen LogP contribution in [0.15, 0.2) is 53.4 Å². The Morgan fingerprint density at radius 1 is 1.38 bits per heavy atom. The second-order valence-electron chi connectivity index (χ2n) is 6.20. The molecule has 152 valence electrons. The van der Waals surface area contributed by atoms with Gasteiger partial charge in [0.1, 0.15) is 0 Å². The average Bonchev–Trinajstić information content (AvgIpc) is 2.68. The number of allylic oxidation sites excluding steroid dienone is 1. The van der Waals surface area contributed by atoms with Crippen LogP contribution in [-0.4, -0.2) is 65.5 Å². The number of pyridine rings is 1. The van der Waals surface area contributed by atoms with E-state index in [-0.39, 0.29) is 24.3 Å². The highest BCUT2D eigenvalue weighted by atomic mass is 32.2. The van der Waals surface area contributed by atoms with Crippen molar-refractivity contribution in [3.63, 3.8) is 0 Å². The first kappa shape index (κ1) is 20.4. The van der Waals surface area contributed by atoms with Crippen molar-refractivity contribution in [2.24, 2.45) is 0 Å². The maximum atomic E-state index is 12.7. The number of aliphatic carboxylic acids is 1. The van der Waals surface area contributed by atoms with Crippen LogP contribution in [0.3, 0.4) is 0 Å². The van der Waals surface area contributed by atoms with Crippen molar-refractivity contribution in [1.82, 2.24) is 15.2 Å². The largest absolute Gasteiger partial charge is 0.543 e. The number of carboxylic acids is 1. The molecule has 1 aromatic heterocycles. The van der Waals surface area contributed by atoms with E-state index in [9.17, 15) is 27.9 Å². The number of aliphatic hydroxyl groups is 1. The van der Waals surface area contributed by atoms with Gasteiger partial charge in [-0.25, -0.2) is 8.42 Å². The fraction of sp³-hybridized carbons (Fsp3) is 0.222. The predicted octanol–water partition coefficient (Wildman–Crippen LogP) is -2.27. The molecular weight excluding hydrogens is 402 g/mol. The van der Waals surface area contributed by atoms with Gasteiger partial charge in [-0.2, -0.15) is 0 Å². The van der Waals surface area contributed by atoms with Gasteiger partial charge in [-0.05, 0) is 23.8 Å². The van der Waals surface area contributed by atoms with Crippen molar-refractivity contribution in [1.29, 1.82) is 0 Å². The fourth-order valence-corrected chi connectivity index (χ4v) is 4.94. The molecule has 2 N–H and O–H groups in total. The Morgan fingerprint density at radius 2 is 2.14 bits per heavy atom. The molecule has 11 heteroatoms. The van der Waals surface area contributed by atoms with Crippen LogP contribution in [0.1, 0.15) is 5.69 Å². The van der Waals surface area contributed by atoms with E-state index in [0.29, 0.717) is 10.6 Å². The second kappa shape index (κ2) is 7.97. The molecule has 1 fully saturated rings. The first-order valence-corrected chi connectivity index (χ1v) is 10.2. The Morgan fingerprint density at radius 3 is 2.76 bits per heavy atom. The molecule has 29 heavy (non-hydrogen) atoms. The molecule has 10 nitrogen and oxygen atoms in total. The number of carbonyl (C=O) groups is 3. The molecule has 0 saturated carbocycles. The van der Waals surface area contributed by atoms with Gasteiger partial charge in [0.2, 0.25) is 5.91 Å². The van der Waals surface area contributed by atoms with Crippen LogP contribution in [-0.2, 0) is 24.2 Å². The zero-order chi connectivity index (χ0) is 21.2. The maximum Gasteiger partial charge on any atom is 0.258 e. The Balaban J connectivity index is 1.99. The van der Waals surface area contributed by atoms with Crippen LogP contribution in [0, 0.1) is 0 Å². The third-order valence-electron chi connectivity index (χ3n) is 4.24. The predicted molar refractivity (Wildman–Crippen MR) is 97.9 cm³/mol. The van der Waals surface area contributed by atoms with Gasteiger partial charge in [0.25, 0.3) is 5.91 Å². The quantitative estimate of drug-likeness (QED) is 0.387. The van der Waals surface area contributed by atoms with Crippen molar-refractivity contribution in [2.45, 2.75) is 5.37 Å². The minimum Gasteiger partial charge on any atom is -0.543 e. The van der Waals surface area contributed by atoms with E-state index in [1.165, 1.54) is 12.3 Å². The van der Waals surface area contributed by atoms with Gasteiger partial charge < -0.3 is 20.3 Å². The molecule has 0 unspecified atom stereocenters. The number of aliphatic hydroxyl groups excluding tert-OH is 1. The molecule has 3 rings (SSSR count). The second-order valence-corrected chi connectivity index (χ2v) is 8.26. The molecule has 0 spiro atoms. The van der Waals surface area contributed by atoms with Gasteiger partial charge >= 0.3 is 0 Å². The van der Waals surface area contributed by atoms with Crippen molar-refractivity contribution in [3.8, 4) is 0 Å². The van der Waals surface area contributed by atoms with E-state index in [1.54, 1.807) is 18.2 Å². The van der Waals surface area contributed by atoms with Crippen LogP contribution < -0.4 is 10.4 Å².